The molecular formula is C13H13FN2O5. The molecule has 0 radical (unpaired) electrons. The van der Waals surface area contributed by atoms with E-state index >= 15 is 0 Å². The van der Waals surface area contributed by atoms with E-state index in [4.69, 9.17) is 9.47 Å². The second-order valence-electron chi connectivity index (χ2n) is 5.12. The third-order valence-electron chi connectivity index (χ3n) is 4.12. The lowest BCUT2D eigenvalue weighted by Crippen LogP contribution is -2.39. The lowest BCUT2D eigenvalue weighted by Gasteiger charge is -2.23. The summed E-state index contributed by atoms with van der Waals surface area (Å²) in [6.45, 7) is 0.268. The topological polar surface area (TPSA) is 93.5 Å². The van der Waals surface area contributed by atoms with Crippen LogP contribution in [0, 0.1) is 23.4 Å². The third-order valence-corrected chi connectivity index (χ3v) is 4.12. The summed E-state index contributed by atoms with van der Waals surface area (Å²) in [6, 6.07) is 1.14. The highest BCUT2D eigenvalue weighted by atomic mass is 19.1. The monoisotopic (exact) mass is 296 g/mol. The van der Waals surface area contributed by atoms with Crippen LogP contribution in [0.3, 0.4) is 0 Å². The van der Waals surface area contributed by atoms with Crippen molar-refractivity contribution in [2.75, 3.05) is 13.7 Å². The van der Waals surface area contributed by atoms with Crippen LogP contribution in [0.25, 0.3) is 0 Å². The Labute approximate surface area is 118 Å². The summed E-state index contributed by atoms with van der Waals surface area (Å²) in [5.74, 6) is 2.10. The van der Waals surface area contributed by atoms with E-state index in [9.17, 15) is 19.1 Å². The minimum Gasteiger partial charge on any atom is -0.387 e. The Morgan fingerprint density at radius 2 is 2.38 bits per heavy atom. The number of fused-ring (bicyclic) bond motifs is 1. The van der Waals surface area contributed by atoms with Crippen LogP contribution in [0.15, 0.2) is 21.9 Å². The molecule has 2 aliphatic rings. The van der Waals surface area contributed by atoms with Gasteiger partial charge in [0.15, 0.2) is 6.23 Å². The molecule has 2 heterocycles. The molecule has 1 saturated heterocycles. The number of halogens is 1. The Bertz CT molecular complexity index is 732. The first-order chi connectivity index (χ1) is 10.1. The highest BCUT2D eigenvalue weighted by molar-refractivity contribution is 5.34. The summed E-state index contributed by atoms with van der Waals surface area (Å²) in [6.07, 6.45) is -0.194. The molecule has 112 valence electrons. The number of nitrogens with zero attached hydrogens (tertiary/aromatic N) is 1. The highest BCUT2D eigenvalue weighted by Crippen LogP contribution is 2.64. The van der Waals surface area contributed by atoms with E-state index in [0.29, 0.717) is 0 Å². The molecule has 0 aromatic carbocycles. The molecule has 1 aliphatic heterocycles. The molecule has 1 aromatic rings. The van der Waals surface area contributed by atoms with Gasteiger partial charge in [0.25, 0.3) is 5.56 Å². The summed E-state index contributed by atoms with van der Waals surface area (Å²) in [7, 11) is 1.49. The lowest BCUT2D eigenvalue weighted by atomic mass is 9.96. The molecule has 5 atom stereocenters. The zero-order valence-corrected chi connectivity index (χ0v) is 11.1. The zero-order valence-electron chi connectivity index (χ0n) is 11.1. The smallest absolute Gasteiger partial charge is 0.330 e. The Kier molecular flexibility index (Phi) is 3.20. The maximum absolute atomic E-state index is 12.5. The Balaban J connectivity index is 1.94. The maximum Gasteiger partial charge on any atom is 0.330 e. The number of hydrogen-bond acceptors (Lipinski definition) is 5. The molecule has 0 amide bonds. The Morgan fingerprint density at radius 1 is 1.62 bits per heavy atom. The molecule has 3 rings (SSSR count). The van der Waals surface area contributed by atoms with Gasteiger partial charge >= 0.3 is 5.69 Å². The predicted octanol–water partition coefficient (Wildman–Crippen LogP) is -1.01. The molecule has 2 N–H and O–H groups in total. The van der Waals surface area contributed by atoms with Gasteiger partial charge in [0, 0.05) is 25.3 Å². The largest absolute Gasteiger partial charge is 0.387 e. The Hall–Kier alpha value is -1.95. The van der Waals surface area contributed by atoms with Gasteiger partial charge in [-0.1, -0.05) is 5.92 Å². The van der Waals surface area contributed by atoms with E-state index in [0.717, 1.165) is 10.6 Å². The van der Waals surface area contributed by atoms with Gasteiger partial charge in [-0.3, -0.25) is 14.3 Å². The first-order valence-corrected chi connectivity index (χ1v) is 6.33. The molecule has 0 spiro atoms. The number of aromatic amines is 1. The van der Waals surface area contributed by atoms with Crippen LogP contribution >= 0.6 is 0 Å². The molecule has 1 aliphatic carbocycles. The van der Waals surface area contributed by atoms with E-state index in [2.05, 4.69) is 10.9 Å². The van der Waals surface area contributed by atoms with E-state index in [1.165, 1.54) is 19.5 Å². The van der Waals surface area contributed by atoms with Crippen LogP contribution in [0.5, 0.6) is 0 Å². The van der Waals surface area contributed by atoms with Gasteiger partial charge in [-0.05, 0) is 0 Å². The fourth-order valence-corrected chi connectivity index (χ4v) is 3.07. The van der Waals surface area contributed by atoms with Crippen molar-refractivity contribution in [3.05, 3.63) is 33.1 Å². The van der Waals surface area contributed by atoms with Gasteiger partial charge in [0.05, 0.1) is 18.1 Å². The summed E-state index contributed by atoms with van der Waals surface area (Å²) < 4.78 is 24.2. The number of aromatic nitrogens is 2. The molecular weight excluding hydrogens is 283 g/mol. The molecule has 7 nitrogen and oxygen atoms in total. The number of aliphatic hydroxyl groups is 1. The van der Waals surface area contributed by atoms with Gasteiger partial charge in [0.2, 0.25) is 0 Å². The Morgan fingerprint density at radius 3 is 3.00 bits per heavy atom. The number of methoxy groups -OCH3 is 1. The van der Waals surface area contributed by atoms with E-state index in [1.807, 2.05) is 0 Å². The SMILES string of the molecule is COCC1[C@H]2O[C@@H](n3ccc(=O)[nH]c3=O)[C@H](O)C12C#CF. The number of ether oxygens (including phenoxy) is 2. The minimum absolute atomic E-state index is 0.254. The first kappa shape index (κ1) is 14.0. The van der Waals surface area contributed by atoms with Crippen LogP contribution in [0.1, 0.15) is 6.23 Å². The summed E-state index contributed by atoms with van der Waals surface area (Å²) in [5, 5.41) is 10.4. The molecule has 2 fully saturated rings. The lowest BCUT2D eigenvalue weighted by molar-refractivity contribution is -0.0677. The normalized spacial score (nSPS) is 36.7. The van der Waals surface area contributed by atoms with Crippen molar-refractivity contribution in [2.24, 2.45) is 11.3 Å². The van der Waals surface area contributed by atoms with Crippen molar-refractivity contribution in [3.63, 3.8) is 0 Å². The van der Waals surface area contributed by atoms with Crippen LogP contribution in [-0.4, -0.2) is 40.6 Å². The number of aliphatic hydroxyl groups excluding tert-OH is 1. The standard InChI is InChI=1S/C13H13FN2O5/c1-20-6-7-10-13(7,3-4-14)9(18)11(21-10)16-5-2-8(17)15-12(16)19/h2,5,7,9-11,18H,6H2,1H3,(H,15,17,19)/t7?,9-,10+,11+,13?/m0/s1. The van der Waals surface area contributed by atoms with Gasteiger partial charge in [-0.15, -0.1) is 4.39 Å². The van der Waals surface area contributed by atoms with E-state index in [1.54, 1.807) is 0 Å². The van der Waals surface area contributed by atoms with Crippen molar-refractivity contribution in [1.82, 2.24) is 9.55 Å². The van der Waals surface area contributed by atoms with E-state index < -0.39 is 35.1 Å². The number of rotatable bonds is 3. The van der Waals surface area contributed by atoms with Crippen molar-refractivity contribution >= 4 is 0 Å². The van der Waals surface area contributed by atoms with Gasteiger partial charge in [-0.25, -0.2) is 4.79 Å². The fourth-order valence-electron chi connectivity index (χ4n) is 3.07. The molecule has 1 aromatic heterocycles. The van der Waals surface area contributed by atoms with Crippen LogP contribution in [0.2, 0.25) is 0 Å². The van der Waals surface area contributed by atoms with Gasteiger partial charge < -0.3 is 14.6 Å². The third kappa shape index (κ3) is 1.86. The molecule has 1 saturated carbocycles. The fraction of sp³-hybridized carbons (Fsp3) is 0.538. The van der Waals surface area contributed by atoms with Gasteiger partial charge in [-0.2, -0.15) is 0 Å². The average molecular weight is 296 g/mol. The van der Waals surface area contributed by atoms with Gasteiger partial charge in [0.1, 0.15) is 12.3 Å². The number of H-pyrrole nitrogens is 1. The predicted molar refractivity (Wildman–Crippen MR) is 67.9 cm³/mol. The van der Waals surface area contributed by atoms with Crippen molar-refractivity contribution in [2.45, 2.75) is 18.4 Å². The average Bonchev–Trinajstić information content (AvgIpc) is 2.93. The van der Waals surface area contributed by atoms with Crippen molar-refractivity contribution < 1.29 is 19.0 Å². The minimum atomic E-state index is -1.20. The van der Waals surface area contributed by atoms with E-state index in [-0.39, 0.29) is 12.5 Å². The van der Waals surface area contributed by atoms with Crippen LogP contribution < -0.4 is 11.2 Å². The highest BCUT2D eigenvalue weighted by Gasteiger charge is 2.76. The second kappa shape index (κ2) is 4.80. The second-order valence-corrected chi connectivity index (χ2v) is 5.12. The summed E-state index contributed by atoms with van der Waals surface area (Å²) in [4.78, 5) is 24.9. The molecule has 8 heteroatoms. The van der Waals surface area contributed by atoms with Crippen LogP contribution in [0.4, 0.5) is 4.39 Å². The maximum atomic E-state index is 12.5. The molecule has 21 heavy (non-hydrogen) atoms. The quantitative estimate of drug-likeness (QED) is 0.697. The first-order valence-electron chi connectivity index (χ1n) is 6.33. The van der Waals surface area contributed by atoms with Crippen molar-refractivity contribution in [1.29, 1.82) is 0 Å². The molecule has 0 bridgehead atoms. The summed E-state index contributed by atoms with van der Waals surface area (Å²) in [5.41, 5.74) is -2.34. The summed E-state index contributed by atoms with van der Waals surface area (Å²) >= 11 is 0. The van der Waals surface area contributed by atoms with Crippen LogP contribution in [-0.2, 0) is 9.47 Å². The molecule has 2 unspecified atom stereocenters. The van der Waals surface area contributed by atoms with Crippen molar-refractivity contribution in [3.8, 4) is 12.1 Å². The number of hydrogen-bond donors (Lipinski definition) is 2. The number of nitrogens with one attached hydrogen (secondary N) is 1. The zero-order chi connectivity index (χ0) is 15.2.